The minimum absolute atomic E-state index is 0.0216. The summed E-state index contributed by atoms with van der Waals surface area (Å²) in [5.74, 6) is 0.565. The molecular formula is C19H34N4O4S. The van der Waals surface area contributed by atoms with Crippen LogP contribution >= 0.6 is 0 Å². The first kappa shape index (κ1) is 21.4. The van der Waals surface area contributed by atoms with Gasteiger partial charge in [0.2, 0.25) is 15.9 Å². The fourth-order valence-electron chi connectivity index (χ4n) is 5.07. The van der Waals surface area contributed by atoms with Crippen molar-refractivity contribution in [3.05, 3.63) is 0 Å². The van der Waals surface area contributed by atoms with Crippen molar-refractivity contribution in [2.75, 3.05) is 46.0 Å². The Kier molecular flexibility index (Phi) is 5.71. The van der Waals surface area contributed by atoms with E-state index in [1.54, 1.807) is 0 Å². The molecule has 0 aromatic rings. The molecule has 2 spiro atoms. The summed E-state index contributed by atoms with van der Waals surface area (Å²) in [6.07, 6.45) is 4.74. The highest BCUT2D eigenvalue weighted by Crippen LogP contribution is 2.52. The Balaban J connectivity index is 1.64. The van der Waals surface area contributed by atoms with Crippen molar-refractivity contribution >= 4 is 22.0 Å². The van der Waals surface area contributed by atoms with Crippen LogP contribution in [-0.2, 0) is 14.8 Å². The number of nitrogens with zero attached hydrogens (tertiary/aromatic N) is 3. The summed E-state index contributed by atoms with van der Waals surface area (Å²) >= 11 is 0. The topological polar surface area (TPSA) is 90.0 Å². The summed E-state index contributed by atoms with van der Waals surface area (Å²) < 4.78 is 25.1. The lowest BCUT2D eigenvalue weighted by atomic mass is 9.71. The monoisotopic (exact) mass is 414 g/mol. The molecule has 3 aliphatic rings. The Morgan fingerprint density at radius 2 is 1.68 bits per heavy atom. The van der Waals surface area contributed by atoms with E-state index in [4.69, 9.17) is 0 Å². The molecule has 3 saturated heterocycles. The van der Waals surface area contributed by atoms with Gasteiger partial charge < -0.3 is 15.1 Å². The molecule has 0 unspecified atom stereocenters. The summed E-state index contributed by atoms with van der Waals surface area (Å²) in [6.45, 7) is 6.92. The van der Waals surface area contributed by atoms with Crippen molar-refractivity contribution in [3.63, 3.8) is 0 Å². The smallest absolute Gasteiger partial charge is 0.317 e. The molecule has 0 bridgehead atoms. The van der Waals surface area contributed by atoms with E-state index in [0.717, 1.165) is 19.3 Å². The van der Waals surface area contributed by atoms with Crippen LogP contribution in [0.15, 0.2) is 0 Å². The number of nitrogens with one attached hydrogen (secondary N) is 1. The van der Waals surface area contributed by atoms with E-state index < -0.39 is 15.4 Å². The highest BCUT2D eigenvalue weighted by molar-refractivity contribution is 7.88. The van der Waals surface area contributed by atoms with Gasteiger partial charge in [0.1, 0.15) is 0 Å². The van der Waals surface area contributed by atoms with Crippen LogP contribution in [0, 0.1) is 11.3 Å². The second-order valence-electron chi connectivity index (χ2n) is 9.27. The van der Waals surface area contributed by atoms with Gasteiger partial charge in [-0.05, 0) is 38.0 Å². The zero-order chi connectivity index (χ0) is 20.7. The van der Waals surface area contributed by atoms with Crippen LogP contribution in [0.5, 0.6) is 0 Å². The number of amides is 3. The summed E-state index contributed by atoms with van der Waals surface area (Å²) in [5.41, 5.74) is -0.656. The van der Waals surface area contributed by atoms with E-state index in [9.17, 15) is 18.0 Å². The number of carbonyl (C=O) groups excluding carboxylic acids is 2. The van der Waals surface area contributed by atoms with Crippen molar-refractivity contribution < 1.29 is 18.0 Å². The average molecular weight is 415 g/mol. The minimum Gasteiger partial charge on any atom is -0.339 e. The fraction of sp³-hybridized carbons (Fsp3) is 0.895. The maximum atomic E-state index is 13.2. The van der Waals surface area contributed by atoms with Crippen molar-refractivity contribution in [1.29, 1.82) is 0 Å². The highest BCUT2D eigenvalue weighted by atomic mass is 32.2. The molecule has 3 amide bonds. The number of sulfonamides is 1. The molecule has 160 valence electrons. The third-order valence-electron chi connectivity index (χ3n) is 6.93. The molecule has 3 rings (SSSR count). The maximum absolute atomic E-state index is 13.2. The van der Waals surface area contributed by atoms with Gasteiger partial charge in [0.25, 0.3) is 0 Å². The first-order valence-corrected chi connectivity index (χ1v) is 12.1. The largest absolute Gasteiger partial charge is 0.339 e. The Morgan fingerprint density at radius 1 is 1.11 bits per heavy atom. The van der Waals surface area contributed by atoms with Crippen molar-refractivity contribution in [3.8, 4) is 0 Å². The Labute approximate surface area is 168 Å². The molecule has 1 N–H and O–H groups in total. The van der Waals surface area contributed by atoms with Crippen LogP contribution < -0.4 is 5.32 Å². The number of piperidine rings is 2. The maximum Gasteiger partial charge on any atom is 0.317 e. The molecule has 0 radical (unpaired) electrons. The lowest BCUT2D eigenvalue weighted by Gasteiger charge is -2.43. The molecule has 0 aromatic carbocycles. The first-order valence-electron chi connectivity index (χ1n) is 10.3. The molecule has 28 heavy (non-hydrogen) atoms. The summed E-state index contributed by atoms with van der Waals surface area (Å²) in [6, 6.07) is -0.0216. The molecule has 3 fully saturated rings. The molecule has 0 aromatic heterocycles. The lowest BCUT2D eigenvalue weighted by molar-refractivity contribution is -0.138. The molecule has 8 nitrogen and oxygen atoms in total. The van der Waals surface area contributed by atoms with Gasteiger partial charge in [-0.15, -0.1) is 0 Å². The summed E-state index contributed by atoms with van der Waals surface area (Å²) in [7, 11) is -1.32. The first-order chi connectivity index (χ1) is 13.0. The van der Waals surface area contributed by atoms with Crippen molar-refractivity contribution in [2.45, 2.75) is 51.5 Å². The van der Waals surface area contributed by atoms with Crippen LogP contribution in [0.1, 0.15) is 46.0 Å². The molecular weight excluding hydrogens is 380 g/mol. The second-order valence-corrected chi connectivity index (χ2v) is 11.3. The zero-order valence-electron chi connectivity index (χ0n) is 17.5. The van der Waals surface area contributed by atoms with Gasteiger partial charge >= 0.3 is 6.03 Å². The molecule has 3 aliphatic heterocycles. The van der Waals surface area contributed by atoms with E-state index in [-0.39, 0.29) is 17.5 Å². The third-order valence-corrected chi connectivity index (χ3v) is 8.23. The summed E-state index contributed by atoms with van der Waals surface area (Å²) in [5, 5.41) is 2.97. The van der Waals surface area contributed by atoms with E-state index in [2.05, 4.69) is 19.2 Å². The minimum atomic E-state index is -3.21. The van der Waals surface area contributed by atoms with Crippen molar-refractivity contribution in [2.24, 2.45) is 11.3 Å². The Bertz CT molecular complexity index is 720. The van der Waals surface area contributed by atoms with Gasteiger partial charge in [0, 0.05) is 45.3 Å². The van der Waals surface area contributed by atoms with Gasteiger partial charge in [-0.3, -0.25) is 4.79 Å². The second kappa shape index (κ2) is 7.48. The number of hydrogen-bond donors (Lipinski definition) is 1. The van der Waals surface area contributed by atoms with Crippen LogP contribution in [0.3, 0.4) is 0 Å². The van der Waals surface area contributed by atoms with Gasteiger partial charge in [-0.25, -0.2) is 17.5 Å². The quantitative estimate of drug-likeness (QED) is 0.749. The van der Waals surface area contributed by atoms with Gasteiger partial charge in [-0.2, -0.15) is 0 Å². The lowest BCUT2D eigenvalue weighted by Crippen LogP contribution is -2.54. The van der Waals surface area contributed by atoms with Gasteiger partial charge in [-0.1, -0.05) is 13.8 Å². The van der Waals surface area contributed by atoms with E-state index in [1.807, 2.05) is 16.8 Å². The molecule has 0 atom stereocenters. The molecule has 9 heteroatoms. The zero-order valence-corrected chi connectivity index (χ0v) is 18.3. The van der Waals surface area contributed by atoms with Crippen LogP contribution in [0.2, 0.25) is 0 Å². The van der Waals surface area contributed by atoms with Gasteiger partial charge in [0.15, 0.2) is 0 Å². The fourth-order valence-corrected chi connectivity index (χ4v) is 5.92. The molecule has 3 heterocycles. The molecule has 0 saturated carbocycles. The standard InChI is InChI=1S/C19H34N4O4S/c1-15(2)13-20-17(25)22-9-7-19(8-10-22)14-18(16(24)21(19)3)5-11-23(12-6-18)28(4,26)27/h15H,5-14H2,1-4H3,(H,20,25). The van der Waals surface area contributed by atoms with E-state index in [1.165, 1.54) is 10.6 Å². The number of likely N-dealkylation sites (tertiary alicyclic amines) is 2. The van der Waals surface area contributed by atoms with Crippen LogP contribution in [-0.4, -0.2) is 86.0 Å². The number of urea groups is 1. The number of carbonyl (C=O) groups is 2. The molecule has 0 aliphatic carbocycles. The Hall–Kier alpha value is -1.35. The van der Waals surface area contributed by atoms with E-state index in [0.29, 0.717) is 51.5 Å². The normalized spacial score (nSPS) is 25.1. The average Bonchev–Trinajstić information content (AvgIpc) is 2.82. The van der Waals surface area contributed by atoms with Crippen molar-refractivity contribution in [1.82, 2.24) is 19.4 Å². The number of hydrogen-bond acceptors (Lipinski definition) is 4. The van der Waals surface area contributed by atoms with Crippen LogP contribution in [0.25, 0.3) is 0 Å². The SMILES string of the molecule is CC(C)CNC(=O)N1CCC2(CC1)CC1(CCN(S(C)(=O)=O)CC1)C(=O)N2C. The van der Waals surface area contributed by atoms with E-state index >= 15 is 0 Å². The van der Waals surface area contributed by atoms with Crippen LogP contribution in [0.4, 0.5) is 4.79 Å². The predicted octanol–water partition coefficient (Wildman–Crippen LogP) is 1.09. The third kappa shape index (κ3) is 3.87. The predicted molar refractivity (Wildman–Crippen MR) is 107 cm³/mol. The number of rotatable bonds is 3. The van der Waals surface area contributed by atoms with Gasteiger partial charge in [0.05, 0.1) is 11.7 Å². The Morgan fingerprint density at radius 3 is 2.18 bits per heavy atom. The summed E-state index contributed by atoms with van der Waals surface area (Å²) in [4.78, 5) is 29.3. The highest BCUT2D eigenvalue weighted by Gasteiger charge is 2.59.